The average molecular weight is 172 g/mol. The van der Waals surface area contributed by atoms with E-state index >= 15 is 0 Å². The van der Waals surface area contributed by atoms with Crippen molar-refractivity contribution in [3.8, 4) is 0 Å². The Hall–Kier alpha value is -0.0800. The van der Waals surface area contributed by atoms with E-state index in [1.165, 1.54) is 25.7 Å². The van der Waals surface area contributed by atoms with Crippen molar-refractivity contribution in [3.05, 3.63) is 0 Å². The number of hydrogen-bond donors (Lipinski definition) is 2. The van der Waals surface area contributed by atoms with Crippen LogP contribution in [0.3, 0.4) is 0 Å². The van der Waals surface area contributed by atoms with Crippen LogP contribution in [0.2, 0.25) is 0 Å². The summed E-state index contributed by atoms with van der Waals surface area (Å²) in [5.74, 6) is 0. The van der Waals surface area contributed by atoms with Gasteiger partial charge in [-0.15, -0.1) is 0 Å². The van der Waals surface area contributed by atoms with Crippen LogP contribution in [0.15, 0.2) is 0 Å². The van der Waals surface area contributed by atoms with Gasteiger partial charge in [0.05, 0.1) is 0 Å². The lowest BCUT2D eigenvalue weighted by Gasteiger charge is -2.27. The highest BCUT2D eigenvalue weighted by atomic mass is 14.9. The van der Waals surface area contributed by atoms with Gasteiger partial charge in [0.1, 0.15) is 0 Å². The molecule has 0 aromatic carbocycles. The van der Waals surface area contributed by atoms with Crippen LogP contribution in [-0.2, 0) is 0 Å². The Morgan fingerprint density at radius 2 is 1.00 bits per heavy atom. The first-order valence-electron chi connectivity index (χ1n) is 5.21. The maximum Gasteiger partial charge on any atom is 0.00652 e. The Kier molecular flexibility index (Phi) is 7.51. The molecule has 2 N–H and O–H groups in total. The van der Waals surface area contributed by atoms with Crippen LogP contribution < -0.4 is 10.6 Å². The Labute approximate surface area is 77.1 Å². The predicted molar refractivity (Wildman–Crippen MR) is 55.5 cm³/mol. The van der Waals surface area contributed by atoms with Crippen molar-refractivity contribution in [2.45, 2.75) is 51.6 Å². The molecule has 1 aliphatic carbocycles. The van der Waals surface area contributed by atoms with E-state index < -0.39 is 0 Å². The minimum atomic E-state index is 0.782. The van der Waals surface area contributed by atoms with Crippen LogP contribution in [0.5, 0.6) is 0 Å². The molecule has 0 atom stereocenters. The number of nitrogens with one attached hydrogen (secondary N) is 2. The monoisotopic (exact) mass is 172 g/mol. The first-order chi connectivity index (χ1) is 5.86. The third kappa shape index (κ3) is 4.07. The van der Waals surface area contributed by atoms with E-state index in [-0.39, 0.29) is 0 Å². The number of rotatable bonds is 2. The van der Waals surface area contributed by atoms with Crippen molar-refractivity contribution in [3.63, 3.8) is 0 Å². The zero-order chi connectivity index (χ0) is 9.40. The fourth-order valence-corrected chi connectivity index (χ4v) is 1.67. The third-order valence-electron chi connectivity index (χ3n) is 2.54. The molecule has 0 aromatic rings. The highest BCUT2D eigenvalue weighted by Crippen LogP contribution is 2.17. The van der Waals surface area contributed by atoms with Gasteiger partial charge < -0.3 is 10.6 Å². The topological polar surface area (TPSA) is 24.1 Å². The minimum absolute atomic E-state index is 0.782. The molecule has 0 aliphatic heterocycles. The molecule has 1 saturated carbocycles. The second-order valence-corrected chi connectivity index (χ2v) is 3.13. The van der Waals surface area contributed by atoms with Gasteiger partial charge in [-0.3, -0.25) is 0 Å². The molecule has 0 unspecified atom stereocenters. The molecule has 0 amide bonds. The van der Waals surface area contributed by atoms with E-state index in [0.717, 1.165) is 12.1 Å². The lowest BCUT2D eigenvalue weighted by molar-refractivity contribution is 0.330. The Morgan fingerprint density at radius 1 is 0.750 bits per heavy atom. The Bertz CT molecular complexity index is 73.8. The summed E-state index contributed by atoms with van der Waals surface area (Å²) in [4.78, 5) is 0. The predicted octanol–water partition coefficient (Wildman–Crippen LogP) is 1.76. The summed E-state index contributed by atoms with van der Waals surface area (Å²) in [7, 11) is 4.12. The van der Waals surface area contributed by atoms with Crippen molar-refractivity contribution in [1.82, 2.24) is 10.6 Å². The van der Waals surface area contributed by atoms with Crippen molar-refractivity contribution in [2.75, 3.05) is 14.1 Å². The molecule has 0 saturated heterocycles. The number of hydrogen-bond acceptors (Lipinski definition) is 2. The van der Waals surface area contributed by atoms with Gasteiger partial charge in [-0.05, 0) is 39.8 Å². The maximum atomic E-state index is 3.32. The summed E-state index contributed by atoms with van der Waals surface area (Å²) >= 11 is 0. The molecular weight excluding hydrogens is 148 g/mol. The zero-order valence-corrected chi connectivity index (χ0v) is 8.98. The standard InChI is InChI=1S/C8H18N2.C2H6/c1-9-7-3-5-8(10-2)6-4-7;1-2/h7-10H,3-6H2,1-2H3;1-2H3. The normalized spacial score (nSPS) is 29.0. The first-order valence-corrected chi connectivity index (χ1v) is 5.21. The smallest absolute Gasteiger partial charge is 0.00652 e. The maximum absolute atomic E-state index is 3.32. The van der Waals surface area contributed by atoms with Gasteiger partial charge in [0.15, 0.2) is 0 Å². The quantitative estimate of drug-likeness (QED) is 0.663. The molecule has 2 nitrogen and oxygen atoms in total. The van der Waals surface area contributed by atoms with Crippen molar-refractivity contribution in [2.24, 2.45) is 0 Å². The SMILES string of the molecule is CC.CNC1CCC(NC)CC1. The van der Waals surface area contributed by atoms with Crippen LogP contribution in [0, 0.1) is 0 Å². The Balaban J connectivity index is 0.000000561. The van der Waals surface area contributed by atoms with Crippen LogP contribution in [0.4, 0.5) is 0 Å². The molecule has 74 valence electrons. The van der Waals surface area contributed by atoms with E-state index in [1.54, 1.807) is 0 Å². The van der Waals surface area contributed by atoms with E-state index in [2.05, 4.69) is 24.7 Å². The summed E-state index contributed by atoms with van der Waals surface area (Å²) < 4.78 is 0. The second kappa shape index (κ2) is 7.56. The van der Waals surface area contributed by atoms with Crippen molar-refractivity contribution in [1.29, 1.82) is 0 Å². The highest BCUT2D eigenvalue weighted by molar-refractivity contribution is 4.78. The lowest BCUT2D eigenvalue weighted by atomic mass is 9.91. The van der Waals surface area contributed by atoms with Crippen LogP contribution in [0.1, 0.15) is 39.5 Å². The van der Waals surface area contributed by atoms with E-state index in [0.29, 0.717) is 0 Å². The first kappa shape index (κ1) is 11.9. The minimum Gasteiger partial charge on any atom is -0.317 e. The van der Waals surface area contributed by atoms with Crippen molar-refractivity contribution >= 4 is 0 Å². The van der Waals surface area contributed by atoms with Gasteiger partial charge in [0.2, 0.25) is 0 Å². The highest BCUT2D eigenvalue weighted by Gasteiger charge is 2.17. The largest absolute Gasteiger partial charge is 0.317 e. The fourth-order valence-electron chi connectivity index (χ4n) is 1.67. The summed E-state index contributed by atoms with van der Waals surface area (Å²) in [5.41, 5.74) is 0. The summed E-state index contributed by atoms with van der Waals surface area (Å²) in [5, 5.41) is 6.64. The molecule has 0 radical (unpaired) electrons. The molecular formula is C10H24N2. The average Bonchev–Trinajstić information content (AvgIpc) is 2.21. The second-order valence-electron chi connectivity index (χ2n) is 3.13. The molecule has 0 aromatic heterocycles. The molecule has 1 rings (SSSR count). The van der Waals surface area contributed by atoms with Crippen LogP contribution in [-0.4, -0.2) is 26.2 Å². The molecule has 12 heavy (non-hydrogen) atoms. The third-order valence-corrected chi connectivity index (χ3v) is 2.54. The van der Waals surface area contributed by atoms with E-state index in [9.17, 15) is 0 Å². The summed E-state index contributed by atoms with van der Waals surface area (Å²) in [6.45, 7) is 4.00. The summed E-state index contributed by atoms with van der Waals surface area (Å²) in [6, 6.07) is 1.56. The van der Waals surface area contributed by atoms with E-state index in [1.807, 2.05) is 13.8 Å². The van der Waals surface area contributed by atoms with Gasteiger partial charge in [0.25, 0.3) is 0 Å². The zero-order valence-electron chi connectivity index (χ0n) is 8.98. The molecule has 1 aliphatic rings. The van der Waals surface area contributed by atoms with Crippen molar-refractivity contribution < 1.29 is 0 Å². The van der Waals surface area contributed by atoms with Gasteiger partial charge in [-0.2, -0.15) is 0 Å². The molecule has 0 bridgehead atoms. The van der Waals surface area contributed by atoms with Gasteiger partial charge >= 0.3 is 0 Å². The summed E-state index contributed by atoms with van der Waals surface area (Å²) in [6.07, 6.45) is 5.34. The fraction of sp³-hybridized carbons (Fsp3) is 1.00. The molecule has 2 heteroatoms. The van der Waals surface area contributed by atoms with Crippen LogP contribution >= 0.6 is 0 Å². The van der Waals surface area contributed by atoms with E-state index in [4.69, 9.17) is 0 Å². The van der Waals surface area contributed by atoms with Gasteiger partial charge in [-0.1, -0.05) is 13.8 Å². The molecule has 0 spiro atoms. The van der Waals surface area contributed by atoms with Gasteiger partial charge in [-0.25, -0.2) is 0 Å². The lowest BCUT2D eigenvalue weighted by Crippen LogP contribution is -2.37. The van der Waals surface area contributed by atoms with Gasteiger partial charge in [0, 0.05) is 12.1 Å². The molecule has 1 fully saturated rings. The van der Waals surface area contributed by atoms with Crippen LogP contribution in [0.25, 0.3) is 0 Å². The molecule has 0 heterocycles. The Morgan fingerprint density at radius 3 is 1.17 bits per heavy atom.